The van der Waals surface area contributed by atoms with Crippen molar-refractivity contribution in [3.05, 3.63) is 61.0 Å². The van der Waals surface area contributed by atoms with Gasteiger partial charge < -0.3 is 10.6 Å². The molecule has 0 saturated carbocycles. The van der Waals surface area contributed by atoms with Gasteiger partial charge in [-0.2, -0.15) is 0 Å². The Hall–Kier alpha value is -2.45. The lowest BCUT2D eigenvalue weighted by molar-refractivity contribution is 0.303. The van der Waals surface area contributed by atoms with E-state index in [4.69, 9.17) is 22.3 Å². The van der Waals surface area contributed by atoms with Crippen molar-refractivity contribution < 1.29 is 4.39 Å². The quantitative estimate of drug-likeness (QED) is 0.802. The summed E-state index contributed by atoms with van der Waals surface area (Å²) in [7, 11) is 3.05. The predicted molar refractivity (Wildman–Crippen MR) is 111 cm³/mol. The smallest absolute Gasteiger partial charge is 0.332 e. The Labute approximate surface area is 172 Å². The van der Waals surface area contributed by atoms with Gasteiger partial charge in [0.25, 0.3) is 5.56 Å². The number of benzene rings is 1. The van der Waals surface area contributed by atoms with Crippen LogP contribution in [0.3, 0.4) is 0 Å². The first-order valence-corrected chi connectivity index (χ1v) is 9.98. The van der Waals surface area contributed by atoms with Gasteiger partial charge in [0, 0.05) is 38.2 Å². The van der Waals surface area contributed by atoms with Crippen LogP contribution in [-0.4, -0.2) is 39.0 Å². The number of hydrogen-bond donors (Lipinski definition) is 1. The van der Waals surface area contributed by atoms with Gasteiger partial charge in [-0.3, -0.25) is 13.9 Å². The number of rotatable bonds is 2. The molecule has 1 saturated heterocycles. The van der Waals surface area contributed by atoms with E-state index in [1.54, 1.807) is 7.05 Å². The van der Waals surface area contributed by atoms with Crippen LogP contribution in [0.25, 0.3) is 0 Å². The standard InChI is InChI=1S/C20H23ClFN5O2/c1-25-18-16(19(28)26(2)20(25)29)14(9-11-8-12(22)5-6-15(11)21)17(24-18)27-7-3-4-13(23)10-27/h5-6,8,13-14H,3-4,7,9-10,23H2,1-2H3/t13-,14?/m1/s1. The number of aromatic nitrogens is 2. The fraction of sp³-hybridized carbons (Fsp3) is 0.450. The van der Waals surface area contributed by atoms with Crippen LogP contribution in [0.15, 0.2) is 32.8 Å². The Morgan fingerprint density at radius 2 is 2.03 bits per heavy atom. The zero-order valence-electron chi connectivity index (χ0n) is 16.4. The molecule has 1 unspecified atom stereocenters. The monoisotopic (exact) mass is 419 g/mol. The van der Waals surface area contributed by atoms with Gasteiger partial charge in [0.15, 0.2) is 0 Å². The largest absolute Gasteiger partial charge is 0.358 e. The highest BCUT2D eigenvalue weighted by molar-refractivity contribution is 6.31. The second-order valence-corrected chi connectivity index (χ2v) is 8.16. The van der Waals surface area contributed by atoms with Crippen LogP contribution in [-0.2, 0) is 20.5 Å². The summed E-state index contributed by atoms with van der Waals surface area (Å²) in [5.41, 5.74) is 6.36. The predicted octanol–water partition coefficient (Wildman–Crippen LogP) is 1.67. The molecule has 0 aliphatic carbocycles. The second-order valence-electron chi connectivity index (χ2n) is 7.75. The number of halogens is 2. The Bertz CT molecular complexity index is 1120. The molecule has 2 atom stereocenters. The molecule has 9 heteroatoms. The Morgan fingerprint density at radius 1 is 1.28 bits per heavy atom. The van der Waals surface area contributed by atoms with Crippen LogP contribution >= 0.6 is 11.6 Å². The molecule has 2 aromatic rings. The molecule has 2 aliphatic heterocycles. The van der Waals surface area contributed by atoms with Crippen molar-refractivity contribution in [2.24, 2.45) is 24.8 Å². The molecule has 0 bridgehead atoms. The van der Waals surface area contributed by atoms with Crippen molar-refractivity contribution in [3.8, 4) is 0 Å². The van der Waals surface area contributed by atoms with Gasteiger partial charge in [0.2, 0.25) is 0 Å². The van der Waals surface area contributed by atoms with Gasteiger partial charge in [0.1, 0.15) is 17.5 Å². The van der Waals surface area contributed by atoms with E-state index in [1.165, 1.54) is 29.8 Å². The third-order valence-electron chi connectivity index (χ3n) is 5.76. The molecule has 4 rings (SSSR count). The van der Waals surface area contributed by atoms with E-state index in [0.717, 1.165) is 24.0 Å². The number of nitrogens with zero attached hydrogens (tertiary/aromatic N) is 4. The minimum Gasteiger partial charge on any atom is -0.358 e. The third kappa shape index (κ3) is 3.40. The van der Waals surface area contributed by atoms with Crippen molar-refractivity contribution in [1.82, 2.24) is 14.0 Å². The van der Waals surface area contributed by atoms with E-state index in [9.17, 15) is 14.0 Å². The minimum absolute atomic E-state index is 0.0141. The summed E-state index contributed by atoms with van der Waals surface area (Å²) in [6, 6.07) is 4.21. The summed E-state index contributed by atoms with van der Waals surface area (Å²) in [4.78, 5) is 32.2. The maximum Gasteiger partial charge on any atom is 0.332 e. The summed E-state index contributed by atoms with van der Waals surface area (Å²) >= 11 is 6.31. The Balaban J connectivity index is 1.86. The van der Waals surface area contributed by atoms with E-state index >= 15 is 0 Å². The van der Waals surface area contributed by atoms with Crippen molar-refractivity contribution in [2.45, 2.75) is 31.2 Å². The molecule has 7 nitrogen and oxygen atoms in total. The average Bonchev–Trinajstić information content (AvgIpc) is 3.07. The number of fused-ring (bicyclic) bond motifs is 1. The lowest BCUT2D eigenvalue weighted by Gasteiger charge is -2.34. The molecular formula is C20H23ClFN5O2. The van der Waals surface area contributed by atoms with E-state index in [1.807, 2.05) is 0 Å². The lowest BCUT2D eigenvalue weighted by atomic mass is 9.91. The van der Waals surface area contributed by atoms with Gasteiger partial charge in [-0.15, -0.1) is 0 Å². The number of likely N-dealkylation sites (tertiary alicyclic amines) is 1. The van der Waals surface area contributed by atoms with Crippen LogP contribution in [0.2, 0.25) is 5.02 Å². The fourth-order valence-corrected chi connectivity index (χ4v) is 4.43. The first-order chi connectivity index (χ1) is 13.8. The third-order valence-corrected chi connectivity index (χ3v) is 6.13. The van der Waals surface area contributed by atoms with Crippen molar-refractivity contribution in [1.29, 1.82) is 0 Å². The normalized spacial score (nSPS) is 21.3. The van der Waals surface area contributed by atoms with E-state index in [-0.39, 0.29) is 11.6 Å². The summed E-state index contributed by atoms with van der Waals surface area (Å²) < 4.78 is 16.3. The highest BCUT2D eigenvalue weighted by Gasteiger charge is 2.37. The molecule has 154 valence electrons. The van der Waals surface area contributed by atoms with Gasteiger partial charge in [-0.05, 0) is 43.0 Å². The van der Waals surface area contributed by atoms with Gasteiger partial charge in [-0.25, -0.2) is 14.2 Å². The van der Waals surface area contributed by atoms with Crippen LogP contribution < -0.4 is 17.0 Å². The molecule has 29 heavy (non-hydrogen) atoms. The minimum atomic E-state index is -0.434. The Kier molecular flexibility index (Phi) is 5.08. The molecular weight excluding hydrogens is 397 g/mol. The highest BCUT2D eigenvalue weighted by Crippen LogP contribution is 2.37. The van der Waals surface area contributed by atoms with Crippen LogP contribution in [0, 0.1) is 5.82 Å². The second kappa shape index (κ2) is 7.42. The van der Waals surface area contributed by atoms with Gasteiger partial charge >= 0.3 is 5.69 Å². The first kappa shape index (κ1) is 19.8. The molecule has 0 amide bonds. The summed E-state index contributed by atoms with van der Waals surface area (Å²) in [5, 5.41) is 0.427. The molecule has 1 aromatic heterocycles. The summed E-state index contributed by atoms with van der Waals surface area (Å²) in [6.45, 7) is 1.39. The molecule has 0 radical (unpaired) electrons. The summed E-state index contributed by atoms with van der Waals surface area (Å²) in [6.07, 6.45) is 2.15. The van der Waals surface area contributed by atoms with E-state index in [0.29, 0.717) is 40.8 Å². The maximum atomic E-state index is 13.9. The molecule has 2 N–H and O–H groups in total. The zero-order valence-corrected chi connectivity index (χ0v) is 17.1. The lowest BCUT2D eigenvalue weighted by Crippen LogP contribution is -2.47. The molecule has 2 aliphatic rings. The van der Waals surface area contributed by atoms with Crippen molar-refractivity contribution >= 4 is 23.3 Å². The van der Waals surface area contributed by atoms with Crippen LogP contribution in [0.4, 0.5) is 10.2 Å². The zero-order chi connectivity index (χ0) is 20.9. The van der Waals surface area contributed by atoms with Gasteiger partial charge in [-0.1, -0.05) is 11.6 Å². The SMILES string of the molecule is Cn1c2c(c(=O)n(C)c1=O)C(Cc1cc(F)ccc1Cl)C(N1CCC[C@@H](N)C1)=N2. The number of amidine groups is 1. The maximum absolute atomic E-state index is 13.9. The highest BCUT2D eigenvalue weighted by atomic mass is 35.5. The molecule has 1 fully saturated rings. The van der Waals surface area contributed by atoms with Crippen molar-refractivity contribution in [2.75, 3.05) is 13.1 Å². The molecule has 1 aromatic carbocycles. The fourth-order valence-electron chi connectivity index (χ4n) is 4.24. The average molecular weight is 420 g/mol. The van der Waals surface area contributed by atoms with Gasteiger partial charge in [0.05, 0.1) is 11.5 Å². The number of hydrogen-bond acceptors (Lipinski definition) is 5. The number of nitrogens with two attached hydrogens (primary N) is 1. The van der Waals surface area contributed by atoms with Crippen LogP contribution in [0.5, 0.6) is 0 Å². The van der Waals surface area contributed by atoms with E-state index < -0.39 is 17.4 Å². The summed E-state index contributed by atoms with van der Waals surface area (Å²) in [5.74, 6) is 0.216. The number of piperidine rings is 1. The van der Waals surface area contributed by atoms with Crippen LogP contribution in [0.1, 0.15) is 29.9 Å². The topological polar surface area (TPSA) is 85.6 Å². The Morgan fingerprint density at radius 3 is 2.76 bits per heavy atom. The number of aliphatic imine (C=N–C) groups is 1. The molecule has 0 spiro atoms. The van der Waals surface area contributed by atoms with Crippen molar-refractivity contribution in [3.63, 3.8) is 0 Å². The van der Waals surface area contributed by atoms with E-state index in [2.05, 4.69) is 4.90 Å². The molecule has 3 heterocycles. The first-order valence-electron chi connectivity index (χ1n) is 9.61.